The van der Waals surface area contributed by atoms with Crippen molar-refractivity contribution >= 4 is 24.0 Å². The van der Waals surface area contributed by atoms with Gasteiger partial charge in [-0.1, -0.05) is 13.3 Å². The quantitative estimate of drug-likeness (QED) is 0.138. The first kappa shape index (κ1) is 26.1. The number of carbonyl (C=O) groups is 3. The highest BCUT2D eigenvalue weighted by atomic mass is 19.1. The molecule has 0 aromatic heterocycles. The van der Waals surface area contributed by atoms with Crippen LogP contribution in [-0.4, -0.2) is 37.1 Å². The molecule has 8 nitrogen and oxygen atoms in total. The first-order chi connectivity index (χ1) is 17.4. The van der Waals surface area contributed by atoms with Gasteiger partial charge in [0.05, 0.1) is 24.9 Å². The summed E-state index contributed by atoms with van der Waals surface area (Å²) < 4.78 is 23.9. The van der Waals surface area contributed by atoms with E-state index in [4.69, 9.17) is 9.47 Å². The van der Waals surface area contributed by atoms with E-state index in [0.29, 0.717) is 29.2 Å². The van der Waals surface area contributed by atoms with Crippen molar-refractivity contribution in [3.8, 4) is 11.5 Å². The Morgan fingerprint density at radius 3 is 2.19 bits per heavy atom. The number of rotatable bonds is 11. The van der Waals surface area contributed by atoms with Crippen molar-refractivity contribution in [2.75, 3.05) is 13.2 Å². The van der Waals surface area contributed by atoms with E-state index in [9.17, 15) is 18.8 Å². The van der Waals surface area contributed by atoms with Crippen LogP contribution in [0.4, 0.5) is 4.39 Å². The van der Waals surface area contributed by atoms with Crippen LogP contribution in [0, 0.1) is 5.82 Å². The summed E-state index contributed by atoms with van der Waals surface area (Å²) in [6.45, 7) is 2.42. The average molecular weight is 492 g/mol. The number of hydrogen-bond acceptors (Lipinski definition) is 6. The molecule has 0 saturated heterocycles. The van der Waals surface area contributed by atoms with Gasteiger partial charge in [0, 0.05) is 5.56 Å². The zero-order valence-electron chi connectivity index (χ0n) is 19.7. The van der Waals surface area contributed by atoms with Crippen molar-refractivity contribution in [3.63, 3.8) is 0 Å². The maximum Gasteiger partial charge on any atom is 0.343 e. The summed E-state index contributed by atoms with van der Waals surface area (Å²) in [4.78, 5) is 36.1. The fourth-order valence-corrected chi connectivity index (χ4v) is 2.89. The molecule has 0 aliphatic carbocycles. The molecule has 2 N–H and O–H groups in total. The van der Waals surface area contributed by atoms with E-state index < -0.39 is 23.6 Å². The molecule has 0 saturated carbocycles. The fourth-order valence-electron chi connectivity index (χ4n) is 2.89. The standard InChI is InChI=1S/C27H26FN3O5/c1-2-3-16-35-23-14-8-21(9-15-23)27(34)36-24-12-4-19(5-13-24)17-30-31-25(32)18-29-26(33)20-6-10-22(28)11-7-20/h4-15,17H,2-3,16,18H2,1H3,(H,29,33)(H,31,32)/b30-17+. The second-order valence-electron chi connectivity index (χ2n) is 7.67. The number of carbonyl (C=O) groups excluding carboxylic acids is 3. The summed E-state index contributed by atoms with van der Waals surface area (Å²) in [5.74, 6) is -0.932. The van der Waals surface area contributed by atoms with Crippen molar-refractivity contribution in [1.29, 1.82) is 0 Å². The van der Waals surface area contributed by atoms with E-state index in [-0.39, 0.29) is 12.1 Å². The summed E-state index contributed by atoms with van der Waals surface area (Å²) in [5, 5.41) is 6.25. The van der Waals surface area contributed by atoms with E-state index in [1.807, 2.05) is 0 Å². The number of hydrazone groups is 1. The first-order valence-electron chi connectivity index (χ1n) is 11.4. The topological polar surface area (TPSA) is 106 Å². The lowest BCUT2D eigenvalue weighted by Gasteiger charge is -2.07. The van der Waals surface area contributed by atoms with Gasteiger partial charge in [0.25, 0.3) is 11.8 Å². The minimum atomic E-state index is -0.533. The highest BCUT2D eigenvalue weighted by Crippen LogP contribution is 2.16. The van der Waals surface area contributed by atoms with Gasteiger partial charge in [-0.05, 0) is 84.8 Å². The van der Waals surface area contributed by atoms with Crippen LogP contribution < -0.4 is 20.2 Å². The van der Waals surface area contributed by atoms with Gasteiger partial charge in [-0.3, -0.25) is 9.59 Å². The monoisotopic (exact) mass is 491 g/mol. The second-order valence-corrected chi connectivity index (χ2v) is 7.67. The van der Waals surface area contributed by atoms with Gasteiger partial charge >= 0.3 is 5.97 Å². The summed E-state index contributed by atoms with van der Waals surface area (Å²) in [5.41, 5.74) is 3.59. The Morgan fingerprint density at radius 2 is 1.53 bits per heavy atom. The lowest BCUT2D eigenvalue weighted by molar-refractivity contribution is -0.120. The van der Waals surface area contributed by atoms with Gasteiger partial charge < -0.3 is 14.8 Å². The number of unbranched alkanes of at least 4 members (excludes halogenated alkanes) is 1. The normalized spacial score (nSPS) is 10.6. The SMILES string of the molecule is CCCCOc1ccc(C(=O)Oc2ccc(/C=N/NC(=O)CNC(=O)c3ccc(F)cc3)cc2)cc1. The zero-order valence-corrected chi connectivity index (χ0v) is 19.7. The van der Waals surface area contributed by atoms with Crippen LogP contribution >= 0.6 is 0 Å². The Kier molecular flexibility index (Phi) is 9.69. The van der Waals surface area contributed by atoms with Crippen LogP contribution in [0.5, 0.6) is 11.5 Å². The molecule has 0 aliphatic heterocycles. The third-order valence-electron chi connectivity index (χ3n) is 4.87. The molecule has 186 valence electrons. The lowest BCUT2D eigenvalue weighted by atomic mass is 10.2. The number of amides is 2. The molecule has 0 unspecified atom stereocenters. The molecule has 0 heterocycles. The minimum Gasteiger partial charge on any atom is -0.494 e. The second kappa shape index (κ2) is 13.4. The van der Waals surface area contributed by atoms with Crippen LogP contribution in [0.15, 0.2) is 77.9 Å². The van der Waals surface area contributed by atoms with Crippen LogP contribution in [0.2, 0.25) is 0 Å². The van der Waals surface area contributed by atoms with E-state index in [1.165, 1.54) is 18.3 Å². The van der Waals surface area contributed by atoms with Crippen molar-refractivity contribution in [3.05, 3.63) is 95.3 Å². The first-order valence-corrected chi connectivity index (χ1v) is 11.4. The number of esters is 1. The smallest absolute Gasteiger partial charge is 0.343 e. The van der Waals surface area contributed by atoms with Crippen molar-refractivity contribution in [2.24, 2.45) is 5.10 Å². The Labute approximate surface area is 208 Å². The van der Waals surface area contributed by atoms with E-state index in [0.717, 1.165) is 25.0 Å². The highest BCUT2D eigenvalue weighted by molar-refractivity contribution is 5.96. The van der Waals surface area contributed by atoms with Gasteiger partial charge in [-0.15, -0.1) is 0 Å². The number of hydrogen-bond donors (Lipinski definition) is 2. The number of halogens is 1. The predicted molar refractivity (Wildman–Crippen MR) is 133 cm³/mol. The van der Waals surface area contributed by atoms with Crippen molar-refractivity contribution in [2.45, 2.75) is 19.8 Å². The molecule has 9 heteroatoms. The van der Waals surface area contributed by atoms with Crippen molar-refractivity contribution in [1.82, 2.24) is 10.7 Å². The molecule has 3 rings (SSSR count). The number of benzene rings is 3. The van der Waals surface area contributed by atoms with Crippen LogP contribution in [-0.2, 0) is 4.79 Å². The minimum absolute atomic E-state index is 0.238. The molecule has 3 aromatic rings. The lowest BCUT2D eigenvalue weighted by Crippen LogP contribution is -2.34. The Hall–Kier alpha value is -4.53. The third kappa shape index (κ3) is 8.35. The zero-order chi connectivity index (χ0) is 25.8. The maximum atomic E-state index is 12.9. The summed E-state index contributed by atoms with van der Waals surface area (Å²) in [7, 11) is 0. The van der Waals surface area contributed by atoms with E-state index in [1.54, 1.807) is 48.5 Å². The van der Waals surface area contributed by atoms with Gasteiger partial charge in [0.2, 0.25) is 0 Å². The molecule has 0 spiro atoms. The van der Waals surface area contributed by atoms with Gasteiger partial charge in [0.15, 0.2) is 0 Å². The predicted octanol–water partition coefficient (Wildman–Crippen LogP) is 4.10. The maximum absolute atomic E-state index is 12.9. The summed E-state index contributed by atoms with van der Waals surface area (Å²) >= 11 is 0. The molecule has 0 radical (unpaired) electrons. The molecule has 0 bridgehead atoms. The van der Waals surface area contributed by atoms with Gasteiger partial charge in [-0.25, -0.2) is 14.6 Å². The molecule has 2 amide bonds. The van der Waals surface area contributed by atoms with E-state index in [2.05, 4.69) is 22.8 Å². The Morgan fingerprint density at radius 1 is 0.889 bits per heavy atom. The van der Waals surface area contributed by atoms with Crippen LogP contribution in [0.3, 0.4) is 0 Å². The molecule has 0 atom stereocenters. The fraction of sp³-hybridized carbons (Fsp3) is 0.185. The molecular weight excluding hydrogens is 465 g/mol. The average Bonchev–Trinajstić information content (AvgIpc) is 2.89. The van der Waals surface area contributed by atoms with Crippen LogP contribution in [0.25, 0.3) is 0 Å². The van der Waals surface area contributed by atoms with Gasteiger partial charge in [-0.2, -0.15) is 5.10 Å². The largest absolute Gasteiger partial charge is 0.494 e. The summed E-state index contributed by atoms with van der Waals surface area (Å²) in [6.07, 6.45) is 3.42. The van der Waals surface area contributed by atoms with E-state index >= 15 is 0 Å². The molecule has 3 aromatic carbocycles. The number of nitrogens with one attached hydrogen (secondary N) is 2. The number of ether oxygens (including phenoxy) is 2. The van der Waals surface area contributed by atoms with Crippen LogP contribution in [0.1, 0.15) is 46.0 Å². The molecular formula is C27H26FN3O5. The Bertz CT molecular complexity index is 1190. The Balaban J connectivity index is 1.42. The number of nitrogens with zero attached hydrogens (tertiary/aromatic N) is 1. The van der Waals surface area contributed by atoms with Gasteiger partial charge in [0.1, 0.15) is 17.3 Å². The summed E-state index contributed by atoms with van der Waals surface area (Å²) in [6, 6.07) is 18.3. The molecule has 0 fully saturated rings. The van der Waals surface area contributed by atoms with Crippen molar-refractivity contribution < 1.29 is 28.2 Å². The highest BCUT2D eigenvalue weighted by Gasteiger charge is 2.09. The third-order valence-corrected chi connectivity index (χ3v) is 4.87. The molecule has 36 heavy (non-hydrogen) atoms. The molecule has 0 aliphatic rings.